The van der Waals surface area contributed by atoms with Crippen molar-refractivity contribution in [3.63, 3.8) is 0 Å². The molecule has 0 radical (unpaired) electrons. The van der Waals surface area contributed by atoms with E-state index in [0.717, 1.165) is 31.9 Å². The van der Waals surface area contributed by atoms with E-state index >= 15 is 0 Å². The Morgan fingerprint density at radius 2 is 1.84 bits per heavy atom. The molecular weight excluding hydrogens is 453 g/mol. The van der Waals surface area contributed by atoms with Crippen LogP contribution in [0.1, 0.15) is 18.0 Å². The molecule has 8 nitrogen and oxygen atoms in total. The molecule has 2 aliphatic heterocycles. The van der Waals surface area contributed by atoms with Gasteiger partial charge in [0.15, 0.2) is 0 Å². The van der Waals surface area contributed by atoms with E-state index in [1.807, 2.05) is 24.3 Å². The van der Waals surface area contributed by atoms with Crippen molar-refractivity contribution in [3.8, 4) is 0 Å². The summed E-state index contributed by atoms with van der Waals surface area (Å²) in [4.78, 5) is 27.2. The number of anilines is 3. The molecule has 0 unspecified atom stereocenters. The molecule has 2 amide bonds. The summed E-state index contributed by atoms with van der Waals surface area (Å²) >= 11 is 12.5. The molecule has 0 bridgehead atoms. The minimum Gasteiger partial charge on any atom is -0.467 e. The first kappa shape index (κ1) is 22.5. The fourth-order valence-corrected chi connectivity index (χ4v) is 4.72. The maximum absolute atomic E-state index is 12.8. The number of hydrogen-bond acceptors (Lipinski definition) is 6. The molecule has 4 rings (SSSR count). The molecule has 32 heavy (non-hydrogen) atoms. The average Bonchev–Trinajstić information content (AvgIpc) is 2.78. The Balaban J connectivity index is 1.46. The lowest BCUT2D eigenvalue weighted by Crippen LogP contribution is -2.43. The molecule has 2 aromatic carbocycles. The Kier molecular flexibility index (Phi) is 6.93. The van der Waals surface area contributed by atoms with Crippen molar-refractivity contribution in [2.24, 2.45) is 0 Å². The average molecular weight is 478 g/mol. The zero-order valence-electron chi connectivity index (χ0n) is 17.6. The van der Waals surface area contributed by atoms with Gasteiger partial charge >= 0.3 is 12.0 Å². The van der Waals surface area contributed by atoms with Gasteiger partial charge in [0, 0.05) is 65.3 Å². The van der Waals surface area contributed by atoms with Crippen LogP contribution < -0.4 is 26.2 Å². The molecule has 2 aliphatic rings. The summed E-state index contributed by atoms with van der Waals surface area (Å²) in [6.07, 6.45) is 0.288. The van der Waals surface area contributed by atoms with Crippen LogP contribution >= 0.6 is 23.2 Å². The van der Waals surface area contributed by atoms with Crippen LogP contribution in [0.25, 0.3) is 0 Å². The number of esters is 1. The molecule has 2 aromatic rings. The number of nitrogens with one attached hydrogen (secondary N) is 4. The maximum atomic E-state index is 12.8. The van der Waals surface area contributed by atoms with Gasteiger partial charge in [-0.25, -0.2) is 9.59 Å². The van der Waals surface area contributed by atoms with Gasteiger partial charge in [0.1, 0.15) is 6.04 Å². The molecule has 1 fully saturated rings. The van der Waals surface area contributed by atoms with Crippen molar-refractivity contribution in [1.82, 2.24) is 10.6 Å². The standard InChI is InChI=1S/C22H25Cl2N5O3/c1-32-21(30)19-12-18(20-16(24)10-13(23)11-17(20)27-19)28-22(31)26-14-2-4-15(5-3-14)29-8-6-25-7-9-29/h2-5,10-11,18-19,25,27H,6-9,12H2,1H3,(H2,26,28,31)/t18-,19+/m0/s1. The van der Waals surface area contributed by atoms with Gasteiger partial charge in [-0.15, -0.1) is 0 Å². The van der Waals surface area contributed by atoms with E-state index in [9.17, 15) is 9.59 Å². The Hall–Kier alpha value is -2.68. The third-order valence-electron chi connectivity index (χ3n) is 5.64. The van der Waals surface area contributed by atoms with Gasteiger partial charge in [-0.1, -0.05) is 23.2 Å². The van der Waals surface area contributed by atoms with Gasteiger partial charge < -0.3 is 30.9 Å². The van der Waals surface area contributed by atoms with Crippen LogP contribution in [0.4, 0.5) is 21.9 Å². The van der Waals surface area contributed by atoms with Crippen molar-refractivity contribution in [2.45, 2.75) is 18.5 Å². The van der Waals surface area contributed by atoms with Gasteiger partial charge in [-0.2, -0.15) is 0 Å². The van der Waals surface area contributed by atoms with E-state index in [4.69, 9.17) is 27.9 Å². The van der Waals surface area contributed by atoms with Gasteiger partial charge in [0.25, 0.3) is 0 Å². The Labute approximate surface area is 196 Å². The summed E-state index contributed by atoms with van der Waals surface area (Å²) in [6, 6.07) is 9.50. The van der Waals surface area contributed by atoms with Crippen molar-refractivity contribution < 1.29 is 14.3 Å². The molecule has 0 spiro atoms. The van der Waals surface area contributed by atoms with Crippen LogP contribution in [-0.2, 0) is 9.53 Å². The van der Waals surface area contributed by atoms with E-state index in [1.54, 1.807) is 12.1 Å². The minimum atomic E-state index is -0.634. The molecule has 170 valence electrons. The molecule has 2 atom stereocenters. The fourth-order valence-electron chi connectivity index (χ4n) is 4.09. The second kappa shape index (κ2) is 9.85. The number of urea groups is 1. The van der Waals surface area contributed by atoms with Gasteiger partial charge in [-0.05, 0) is 36.4 Å². The minimum absolute atomic E-state index is 0.288. The topological polar surface area (TPSA) is 94.7 Å². The Morgan fingerprint density at radius 1 is 1.12 bits per heavy atom. The summed E-state index contributed by atoms with van der Waals surface area (Å²) in [7, 11) is 1.32. The first-order valence-corrected chi connectivity index (χ1v) is 11.2. The van der Waals surface area contributed by atoms with Crippen LogP contribution in [0.5, 0.6) is 0 Å². The van der Waals surface area contributed by atoms with Crippen molar-refractivity contribution in [1.29, 1.82) is 0 Å². The third kappa shape index (κ3) is 5.03. The van der Waals surface area contributed by atoms with Crippen molar-refractivity contribution in [3.05, 3.63) is 52.0 Å². The van der Waals surface area contributed by atoms with Gasteiger partial charge in [0.2, 0.25) is 0 Å². The second-order valence-corrected chi connectivity index (χ2v) is 8.58. The van der Waals surface area contributed by atoms with Crippen molar-refractivity contribution in [2.75, 3.05) is 48.8 Å². The number of hydrogen-bond donors (Lipinski definition) is 4. The summed E-state index contributed by atoms with van der Waals surface area (Å²) in [5.41, 5.74) is 3.06. The van der Waals surface area contributed by atoms with Crippen molar-refractivity contribution >= 4 is 52.3 Å². The summed E-state index contributed by atoms with van der Waals surface area (Å²) < 4.78 is 4.87. The molecule has 0 aromatic heterocycles. The van der Waals surface area contributed by atoms with E-state index < -0.39 is 24.1 Å². The highest BCUT2D eigenvalue weighted by atomic mass is 35.5. The number of fused-ring (bicyclic) bond motifs is 1. The number of carbonyl (C=O) groups excluding carboxylic acids is 2. The first-order chi connectivity index (χ1) is 15.4. The second-order valence-electron chi connectivity index (χ2n) is 7.74. The third-order valence-corrected chi connectivity index (χ3v) is 6.17. The smallest absolute Gasteiger partial charge is 0.328 e. The van der Waals surface area contributed by atoms with Crippen LogP contribution in [0, 0.1) is 0 Å². The lowest BCUT2D eigenvalue weighted by Gasteiger charge is -2.33. The Morgan fingerprint density at radius 3 is 2.53 bits per heavy atom. The normalized spacial score (nSPS) is 20.0. The number of halogens is 2. The maximum Gasteiger partial charge on any atom is 0.328 e. The largest absolute Gasteiger partial charge is 0.467 e. The van der Waals surface area contributed by atoms with Crippen LogP contribution in [-0.4, -0.2) is 51.3 Å². The highest BCUT2D eigenvalue weighted by Crippen LogP contribution is 2.40. The highest BCUT2D eigenvalue weighted by molar-refractivity contribution is 6.35. The number of nitrogens with zero attached hydrogens (tertiary/aromatic N) is 1. The van der Waals surface area contributed by atoms with E-state index in [-0.39, 0.29) is 6.42 Å². The molecule has 0 saturated carbocycles. The number of methoxy groups -OCH3 is 1. The quantitative estimate of drug-likeness (QED) is 0.502. The zero-order chi connectivity index (χ0) is 22.7. The summed E-state index contributed by atoms with van der Waals surface area (Å²) in [6.45, 7) is 3.82. The summed E-state index contributed by atoms with van der Waals surface area (Å²) in [5, 5.41) is 13.0. The van der Waals surface area contributed by atoms with E-state index in [1.165, 1.54) is 7.11 Å². The number of rotatable bonds is 4. The molecule has 10 heteroatoms. The number of carbonyl (C=O) groups is 2. The molecule has 4 N–H and O–H groups in total. The van der Waals surface area contributed by atoms with Gasteiger partial charge in [0.05, 0.1) is 13.2 Å². The van der Waals surface area contributed by atoms with E-state index in [2.05, 4.69) is 26.2 Å². The van der Waals surface area contributed by atoms with Crippen LogP contribution in [0.2, 0.25) is 10.0 Å². The van der Waals surface area contributed by atoms with Gasteiger partial charge in [-0.3, -0.25) is 0 Å². The van der Waals surface area contributed by atoms with Crippen LogP contribution in [0.3, 0.4) is 0 Å². The molecule has 1 saturated heterocycles. The molecule has 0 aliphatic carbocycles. The van der Waals surface area contributed by atoms with Crippen LogP contribution in [0.15, 0.2) is 36.4 Å². The lowest BCUT2D eigenvalue weighted by atomic mass is 9.92. The number of benzene rings is 2. The predicted molar refractivity (Wildman–Crippen MR) is 127 cm³/mol. The SMILES string of the molecule is COC(=O)[C@H]1C[C@H](NC(=O)Nc2ccc(N3CCNCC3)cc2)c2c(Cl)cc(Cl)cc2N1. The zero-order valence-corrected chi connectivity index (χ0v) is 19.1. The van der Waals surface area contributed by atoms with E-state index in [0.29, 0.717) is 27.0 Å². The number of amides is 2. The predicted octanol–water partition coefficient (Wildman–Crippen LogP) is 3.62. The number of piperazine rings is 1. The lowest BCUT2D eigenvalue weighted by molar-refractivity contribution is -0.141. The highest BCUT2D eigenvalue weighted by Gasteiger charge is 2.34. The molecular formula is C22H25Cl2N5O3. The number of ether oxygens (including phenoxy) is 1. The monoisotopic (exact) mass is 477 g/mol. The molecule has 2 heterocycles. The fraction of sp³-hybridized carbons (Fsp3) is 0.364. The first-order valence-electron chi connectivity index (χ1n) is 10.4. The Bertz CT molecular complexity index is 996. The summed E-state index contributed by atoms with van der Waals surface area (Å²) in [5.74, 6) is -0.428.